The van der Waals surface area contributed by atoms with Crippen molar-refractivity contribution in [3.63, 3.8) is 0 Å². The zero-order valence-corrected chi connectivity index (χ0v) is 9.61. The Labute approximate surface area is 92.4 Å². The molecule has 0 radical (unpaired) electrons. The van der Waals surface area contributed by atoms with Crippen LogP contribution in [-0.4, -0.2) is 35.9 Å². The van der Waals surface area contributed by atoms with Gasteiger partial charge in [-0.3, -0.25) is 4.52 Å². The second-order valence-electron chi connectivity index (χ2n) is 2.61. The van der Waals surface area contributed by atoms with Crippen molar-refractivity contribution in [1.82, 2.24) is 5.48 Å². The van der Waals surface area contributed by atoms with Crippen molar-refractivity contribution in [2.24, 2.45) is 0 Å². The second-order valence-corrected chi connectivity index (χ2v) is 3.99. The molecule has 0 heterocycles. The maximum atomic E-state index is 10.9. The lowest BCUT2D eigenvalue weighted by molar-refractivity contribution is -0.139. The summed E-state index contributed by atoms with van der Waals surface area (Å²) in [5, 5.41) is 8.23. The van der Waals surface area contributed by atoms with E-state index in [1.54, 1.807) is 5.48 Å². The van der Waals surface area contributed by atoms with Crippen molar-refractivity contribution in [2.45, 2.75) is 6.92 Å². The highest BCUT2D eigenvalue weighted by Gasteiger charge is 2.21. The van der Waals surface area contributed by atoms with Crippen LogP contribution in [0.25, 0.3) is 0 Å². The van der Waals surface area contributed by atoms with Crippen LogP contribution in [0.15, 0.2) is 12.2 Å². The molecule has 0 fully saturated rings. The number of esters is 1. The summed E-state index contributed by atoms with van der Waals surface area (Å²) in [5.41, 5.74) is 1.97. The first kappa shape index (κ1) is 15.2. The highest BCUT2D eigenvalue weighted by Crippen LogP contribution is 2.41. The van der Waals surface area contributed by atoms with Crippen LogP contribution >= 0.6 is 7.82 Å². The molecule has 1 unspecified atom stereocenters. The molecule has 0 aliphatic carbocycles. The average Bonchev–Trinajstić information content (AvgIpc) is 2.21. The summed E-state index contributed by atoms with van der Waals surface area (Å²) in [6.07, 6.45) is 0. The lowest BCUT2D eigenvalue weighted by atomic mass is 10.4. The molecule has 1 atom stereocenters. The van der Waals surface area contributed by atoms with E-state index in [4.69, 9.17) is 10.00 Å². The van der Waals surface area contributed by atoms with Crippen molar-refractivity contribution in [1.29, 1.82) is 0 Å². The Morgan fingerprint density at radius 1 is 1.50 bits per heavy atom. The molecule has 0 aromatic heterocycles. The second kappa shape index (κ2) is 7.50. The Hall–Kier alpha value is -0.760. The van der Waals surface area contributed by atoms with E-state index in [1.807, 2.05) is 0 Å². The number of carbonyl (C=O) groups excluding carboxylic acids is 1. The molecule has 0 rings (SSSR count). The summed E-state index contributed by atoms with van der Waals surface area (Å²) in [4.78, 5) is 19.8. The predicted molar refractivity (Wildman–Crippen MR) is 52.9 cm³/mol. The third-order valence-corrected chi connectivity index (χ3v) is 2.03. The van der Waals surface area contributed by atoms with Crippen LogP contribution in [0.5, 0.6) is 0 Å². The number of phosphoric ester groups is 1. The summed E-state index contributed by atoms with van der Waals surface area (Å²) >= 11 is 0. The van der Waals surface area contributed by atoms with Crippen molar-refractivity contribution in [2.75, 3.05) is 19.9 Å². The SMILES string of the molecule is C=C(C)C(=O)OCCOP(=O)(O)ONCO. The standard InChI is InChI=1S/C7H14NO7P/c1-6(2)7(10)13-3-4-14-16(11,12)15-8-5-9/h8-9H,1,3-5H2,2H3,(H,11,12). The smallest absolute Gasteiger partial charge is 0.460 e. The number of carbonyl (C=O) groups is 1. The van der Waals surface area contributed by atoms with Crippen LogP contribution in [-0.2, 0) is 23.2 Å². The lowest BCUT2D eigenvalue weighted by Gasteiger charge is -2.11. The number of phosphoric acid groups is 1. The molecule has 3 N–H and O–H groups in total. The summed E-state index contributed by atoms with van der Waals surface area (Å²) in [6.45, 7) is 3.64. The van der Waals surface area contributed by atoms with Crippen LogP contribution in [0.2, 0.25) is 0 Å². The first-order valence-corrected chi connectivity index (χ1v) is 5.71. The van der Waals surface area contributed by atoms with Gasteiger partial charge in [0.05, 0.1) is 6.61 Å². The molecule has 0 aromatic rings. The molecule has 0 bridgehead atoms. The van der Waals surface area contributed by atoms with E-state index in [2.05, 4.69) is 20.5 Å². The van der Waals surface area contributed by atoms with Gasteiger partial charge in [-0.25, -0.2) is 9.36 Å². The fourth-order valence-corrected chi connectivity index (χ4v) is 1.13. The van der Waals surface area contributed by atoms with Crippen LogP contribution in [0.4, 0.5) is 0 Å². The Kier molecular flexibility index (Phi) is 7.15. The monoisotopic (exact) mass is 255 g/mol. The minimum atomic E-state index is -4.28. The normalized spacial score (nSPS) is 14.2. The molecule has 0 aliphatic rings. The lowest BCUT2D eigenvalue weighted by Crippen LogP contribution is -2.16. The molecule has 94 valence electrons. The topological polar surface area (TPSA) is 114 Å². The highest BCUT2D eigenvalue weighted by atomic mass is 31.2. The number of nitrogens with one attached hydrogen (secondary N) is 1. The van der Waals surface area contributed by atoms with Crippen molar-refractivity contribution in [3.8, 4) is 0 Å². The molecular weight excluding hydrogens is 241 g/mol. The Morgan fingerprint density at radius 2 is 2.12 bits per heavy atom. The first-order valence-electron chi connectivity index (χ1n) is 4.21. The van der Waals surface area contributed by atoms with Crippen LogP contribution in [0.3, 0.4) is 0 Å². The van der Waals surface area contributed by atoms with E-state index in [9.17, 15) is 9.36 Å². The molecule has 9 heteroatoms. The van der Waals surface area contributed by atoms with Crippen molar-refractivity contribution >= 4 is 13.8 Å². The van der Waals surface area contributed by atoms with Gasteiger partial charge in [0.25, 0.3) is 0 Å². The van der Waals surface area contributed by atoms with E-state index >= 15 is 0 Å². The predicted octanol–water partition coefficient (Wildman–Crippen LogP) is -0.306. The number of aliphatic hydroxyl groups excluding tert-OH is 1. The third-order valence-electron chi connectivity index (χ3n) is 1.16. The molecule has 0 amide bonds. The molecule has 8 nitrogen and oxygen atoms in total. The minimum absolute atomic E-state index is 0.210. The fraction of sp³-hybridized carbons (Fsp3) is 0.571. The largest absolute Gasteiger partial charge is 0.488 e. The Bertz CT molecular complexity index is 292. The van der Waals surface area contributed by atoms with Gasteiger partial charge in [-0.2, -0.15) is 10.1 Å². The third kappa shape index (κ3) is 7.52. The van der Waals surface area contributed by atoms with Gasteiger partial charge in [0.15, 0.2) is 0 Å². The van der Waals surface area contributed by atoms with E-state index in [-0.39, 0.29) is 18.8 Å². The van der Waals surface area contributed by atoms with Gasteiger partial charge in [0.1, 0.15) is 13.3 Å². The highest BCUT2D eigenvalue weighted by molar-refractivity contribution is 7.47. The zero-order chi connectivity index (χ0) is 12.6. The number of ether oxygens (including phenoxy) is 1. The molecule has 0 spiro atoms. The molecule has 0 aliphatic heterocycles. The van der Waals surface area contributed by atoms with Gasteiger partial charge in [0, 0.05) is 5.57 Å². The van der Waals surface area contributed by atoms with E-state index in [1.165, 1.54) is 6.92 Å². The number of rotatable bonds is 8. The summed E-state index contributed by atoms with van der Waals surface area (Å²) < 4.78 is 23.9. The van der Waals surface area contributed by atoms with E-state index in [0.29, 0.717) is 0 Å². The quantitative estimate of drug-likeness (QED) is 0.135. The summed E-state index contributed by atoms with van der Waals surface area (Å²) in [6, 6.07) is 0. The van der Waals surface area contributed by atoms with Crippen LogP contribution < -0.4 is 5.48 Å². The Morgan fingerprint density at radius 3 is 2.62 bits per heavy atom. The summed E-state index contributed by atoms with van der Waals surface area (Å²) in [5.74, 6) is -0.620. The molecule has 0 aromatic carbocycles. The summed E-state index contributed by atoms with van der Waals surface area (Å²) in [7, 11) is -4.28. The first-order chi connectivity index (χ1) is 7.39. The number of aliphatic hydroxyl groups is 1. The van der Waals surface area contributed by atoms with Crippen molar-refractivity contribution < 1.29 is 33.2 Å². The maximum Gasteiger partial charge on any atom is 0.488 e. The fourth-order valence-electron chi connectivity index (χ4n) is 0.547. The number of hydrogen-bond acceptors (Lipinski definition) is 7. The van der Waals surface area contributed by atoms with E-state index < -0.39 is 20.5 Å². The Balaban J connectivity index is 3.69. The number of hydrogen-bond donors (Lipinski definition) is 3. The average molecular weight is 255 g/mol. The van der Waals surface area contributed by atoms with Gasteiger partial charge in [-0.15, -0.1) is 0 Å². The van der Waals surface area contributed by atoms with Crippen LogP contribution in [0, 0.1) is 0 Å². The van der Waals surface area contributed by atoms with E-state index in [0.717, 1.165) is 0 Å². The van der Waals surface area contributed by atoms with Gasteiger partial charge in [-0.05, 0) is 6.92 Å². The molecule has 16 heavy (non-hydrogen) atoms. The molecule has 0 saturated heterocycles. The molecular formula is C7H14NO7P. The maximum absolute atomic E-state index is 10.9. The van der Waals surface area contributed by atoms with Gasteiger partial charge in [0.2, 0.25) is 0 Å². The zero-order valence-electron chi connectivity index (χ0n) is 8.71. The molecule has 0 saturated carbocycles. The van der Waals surface area contributed by atoms with Crippen molar-refractivity contribution in [3.05, 3.63) is 12.2 Å². The minimum Gasteiger partial charge on any atom is -0.460 e. The van der Waals surface area contributed by atoms with Gasteiger partial charge < -0.3 is 14.7 Å². The van der Waals surface area contributed by atoms with Crippen LogP contribution in [0.1, 0.15) is 6.92 Å². The van der Waals surface area contributed by atoms with Gasteiger partial charge >= 0.3 is 13.8 Å². The van der Waals surface area contributed by atoms with Gasteiger partial charge in [-0.1, -0.05) is 6.58 Å². The number of hydroxylamine groups is 1.